The van der Waals surface area contributed by atoms with Gasteiger partial charge in [0.15, 0.2) is 0 Å². The predicted octanol–water partition coefficient (Wildman–Crippen LogP) is 3.08. The maximum absolute atomic E-state index is 12.4. The molecule has 3 N–H and O–H groups in total. The Hall–Kier alpha value is -3.67. The van der Waals surface area contributed by atoms with Crippen molar-refractivity contribution in [3.63, 3.8) is 0 Å². The number of hydrogen-bond donors (Lipinski definition) is 3. The second kappa shape index (κ2) is 6.68. The summed E-state index contributed by atoms with van der Waals surface area (Å²) in [7, 11) is 0. The van der Waals surface area contributed by atoms with Gasteiger partial charge in [0.25, 0.3) is 5.91 Å². The Morgan fingerprint density at radius 3 is 2.77 bits per heavy atom. The molecule has 0 saturated heterocycles. The van der Waals surface area contributed by atoms with Crippen molar-refractivity contribution in [2.24, 2.45) is 0 Å². The van der Waals surface area contributed by atoms with E-state index >= 15 is 0 Å². The molecule has 2 aromatic carbocycles. The molecule has 0 spiro atoms. The Morgan fingerprint density at radius 1 is 0.962 bits per heavy atom. The number of H-pyrrole nitrogens is 1. The highest BCUT2D eigenvalue weighted by Crippen LogP contribution is 2.21. The van der Waals surface area contributed by atoms with E-state index in [2.05, 4.69) is 20.6 Å². The predicted molar refractivity (Wildman–Crippen MR) is 101 cm³/mol. The van der Waals surface area contributed by atoms with Crippen LogP contribution in [-0.4, -0.2) is 28.3 Å². The summed E-state index contributed by atoms with van der Waals surface area (Å²) >= 11 is 0. The molecule has 0 aliphatic rings. The molecule has 0 unspecified atom stereocenters. The Morgan fingerprint density at radius 2 is 1.85 bits per heavy atom. The van der Waals surface area contributed by atoms with Crippen LogP contribution in [0, 0.1) is 0 Å². The summed E-state index contributed by atoms with van der Waals surface area (Å²) in [6.45, 7) is -0.115. The minimum absolute atomic E-state index is 0.115. The van der Waals surface area contributed by atoms with Crippen molar-refractivity contribution in [1.29, 1.82) is 0 Å². The summed E-state index contributed by atoms with van der Waals surface area (Å²) in [5.74, 6) is -0.583. The van der Waals surface area contributed by atoms with Crippen LogP contribution < -0.4 is 10.6 Å². The molecule has 26 heavy (non-hydrogen) atoms. The van der Waals surface area contributed by atoms with Crippen LogP contribution in [-0.2, 0) is 4.79 Å². The first kappa shape index (κ1) is 15.8. The van der Waals surface area contributed by atoms with Gasteiger partial charge in [-0.3, -0.25) is 14.6 Å². The van der Waals surface area contributed by atoms with Gasteiger partial charge in [-0.25, -0.2) is 0 Å². The zero-order valence-corrected chi connectivity index (χ0v) is 13.8. The van der Waals surface area contributed by atoms with E-state index in [-0.39, 0.29) is 18.4 Å². The maximum Gasteiger partial charge on any atom is 0.252 e. The van der Waals surface area contributed by atoms with E-state index in [1.807, 2.05) is 42.5 Å². The highest BCUT2D eigenvalue weighted by Gasteiger charge is 2.12. The van der Waals surface area contributed by atoms with Gasteiger partial charge in [-0.1, -0.05) is 12.1 Å². The molecular formula is C20H16N4O2. The van der Waals surface area contributed by atoms with Crippen molar-refractivity contribution in [2.75, 3.05) is 11.9 Å². The number of aromatic nitrogens is 2. The van der Waals surface area contributed by atoms with E-state index in [9.17, 15) is 9.59 Å². The van der Waals surface area contributed by atoms with Crippen molar-refractivity contribution in [3.05, 3.63) is 72.6 Å². The monoisotopic (exact) mass is 344 g/mol. The summed E-state index contributed by atoms with van der Waals surface area (Å²) in [6.07, 6.45) is 3.48. The second-order valence-corrected chi connectivity index (χ2v) is 5.85. The van der Waals surface area contributed by atoms with Gasteiger partial charge in [-0.15, -0.1) is 0 Å². The lowest BCUT2D eigenvalue weighted by atomic mass is 10.1. The minimum atomic E-state index is -0.295. The van der Waals surface area contributed by atoms with Crippen molar-refractivity contribution in [3.8, 4) is 0 Å². The lowest BCUT2D eigenvalue weighted by Gasteiger charge is -2.09. The van der Waals surface area contributed by atoms with Crippen LogP contribution in [0.25, 0.3) is 21.8 Å². The van der Waals surface area contributed by atoms with E-state index in [1.165, 1.54) is 0 Å². The number of nitrogens with zero attached hydrogens (tertiary/aromatic N) is 1. The molecule has 6 nitrogen and oxygen atoms in total. The smallest absolute Gasteiger partial charge is 0.252 e. The van der Waals surface area contributed by atoms with Crippen LogP contribution in [0.2, 0.25) is 0 Å². The number of anilines is 1. The summed E-state index contributed by atoms with van der Waals surface area (Å²) in [5.41, 5.74) is 2.88. The molecular weight excluding hydrogens is 328 g/mol. The number of benzene rings is 2. The summed E-state index contributed by atoms with van der Waals surface area (Å²) in [6, 6.07) is 16.5. The third-order valence-electron chi connectivity index (χ3n) is 4.17. The third kappa shape index (κ3) is 3.00. The number of amides is 2. The Labute approximate surface area is 149 Å². The maximum atomic E-state index is 12.4. The summed E-state index contributed by atoms with van der Waals surface area (Å²) in [5, 5.41) is 7.17. The molecule has 4 aromatic rings. The Bertz CT molecular complexity index is 1110. The Kier molecular flexibility index (Phi) is 4.07. The van der Waals surface area contributed by atoms with Crippen LogP contribution >= 0.6 is 0 Å². The summed E-state index contributed by atoms with van der Waals surface area (Å²) < 4.78 is 0. The standard InChI is InChI=1S/C20H16N4O2/c25-19(24-18-8-2-7-17-15(18)5-3-10-21-17)12-23-20(26)14-4-1-6-16-13(14)9-11-22-16/h1-11,22H,12H2,(H,23,26)(H,24,25). The lowest BCUT2D eigenvalue weighted by Crippen LogP contribution is -2.33. The average molecular weight is 344 g/mol. The quantitative estimate of drug-likeness (QED) is 0.532. The topological polar surface area (TPSA) is 86.9 Å². The average Bonchev–Trinajstić information content (AvgIpc) is 3.15. The van der Waals surface area contributed by atoms with Crippen molar-refractivity contribution < 1.29 is 9.59 Å². The highest BCUT2D eigenvalue weighted by molar-refractivity contribution is 6.08. The second-order valence-electron chi connectivity index (χ2n) is 5.85. The zero-order chi connectivity index (χ0) is 17.9. The number of fused-ring (bicyclic) bond motifs is 2. The molecule has 0 bridgehead atoms. The van der Waals surface area contributed by atoms with Crippen molar-refractivity contribution in [2.45, 2.75) is 0 Å². The van der Waals surface area contributed by atoms with Gasteiger partial charge in [0.1, 0.15) is 0 Å². The third-order valence-corrected chi connectivity index (χ3v) is 4.17. The molecule has 6 heteroatoms. The Balaban J connectivity index is 1.45. The van der Waals surface area contributed by atoms with Gasteiger partial charge in [-0.05, 0) is 42.5 Å². The fourth-order valence-electron chi connectivity index (χ4n) is 2.95. The molecule has 0 aliphatic heterocycles. The van der Waals surface area contributed by atoms with E-state index in [0.29, 0.717) is 11.3 Å². The number of nitrogens with one attached hydrogen (secondary N) is 3. The van der Waals surface area contributed by atoms with Crippen LogP contribution in [0.3, 0.4) is 0 Å². The minimum Gasteiger partial charge on any atom is -0.361 e. The number of rotatable bonds is 4. The van der Waals surface area contributed by atoms with Gasteiger partial charge in [0, 0.05) is 34.2 Å². The van der Waals surface area contributed by atoms with E-state index in [0.717, 1.165) is 21.8 Å². The molecule has 0 radical (unpaired) electrons. The molecule has 0 aliphatic carbocycles. The van der Waals surface area contributed by atoms with Gasteiger partial charge in [-0.2, -0.15) is 0 Å². The van der Waals surface area contributed by atoms with Crippen molar-refractivity contribution in [1.82, 2.24) is 15.3 Å². The first-order valence-electron chi connectivity index (χ1n) is 8.20. The SMILES string of the molecule is O=C(CNC(=O)c1cccc2[nH]ccc12)Nc1cccc2ncccc12. The normalized spacial score (nSPS) is 10.8. The fraction of sp³-hybridized carbons (Fsp3) is 0.0500. The molecule has 4 rings (SSSR count). The van der Waals surface area contributed by atoms with E-state index in [1.54, 1.807) is 24.5 Å². The van der Waals surface area contributed by atoms with Gasteiger partial charge in [0.05, 0.1) is 17.7 Å². The fourth-order valence-corrected chi connectivity index (χ4v) is 2.95. The van der Waals surface area contributed by atoms with Gasteiger partial charge >= 0.3 is 0 Å². The number of hydrogen-bond acceptors (Lipinski definition) is 3. The van der Waals surface area contributed by atoms with Crippen LogP contribution in [0.15, 0.2) is 67.0 Å². The molecule has 0 saturated carbocycles. The van der Waals surface area contributed by atoms with Crippen LogP contribution in [0.1, 0.15) is 10.4 Å². The van der Waals surface area contributed by atoms with Crippen LogP contribution in [0.4, 0.5) is 5.69 Å². The number of carbonyl (C=O) groups is 2. The summed E-state index contributed by atoms with van der Waals surface area (Å²) in [4.78, 5) is 32.0. The first-order chi connectivity index (χ1) is 12.7. The van der Waals surface area contributed by atoms with E-state index in [4.69, 9.17) is 0 Å². The first-order valence-corrected chi connectivity index (χ1v) is 8.20. The molecule has 2 aromatic heterocycles. The largest absolute Gasteiger partial charge is 0.361 e. The molecule has 2 heterocycles. The number of pyridine rings is 1. The molecule has 0 fully saturated rings. The highest BCUT2D eigenvalue weighted by atomic mass is 16.2. The molecule has 128 valence electrons. The molecule has 0 atom stereocenters. The van der Waals surface area contributed by atoms with E-state index < -0.39 is 0 Å². The molecule has 2 amide bonds. The number of aromatic amines is 1. The number of carbonyl (C=O) groups excluding carboxylic acids is 2. The van der Waals surface area contributed by atoms with Crippen LogP contribution in [0.5, 0.6) is 0 Å². The van der Waals surface area contributed by atoms with Gasteiger partial charge < -0.3 is 15.6 Å². The lowest BCUT2D eigenvalue weighted by molar-refractivity contribution is -0.115. The zero-order valence-electron chi connectivity index (χ0n) is 13.8. The van der Waals surface area contributed by atoms with Crippen molar-refractivity contribution >= 4 is 39.3 Å². The van der Waals surface area contributed by atoms with Gasteiger partial charge in [0.2, 0.25) is 5.91 Å².